The smallest absolute Gasteiger partial charge is 0.225 e. The molecule has 1 amide bonds. The first kappa shape index (κ1) is 17.0. The van der Waals surface area contributed by atoms with Crippen molar-refractivity contribution >= 4 is 5.91 Å². The highest BCUT2D eigenvalue weighted by atomic mass is 16.5. The van der Waals surface area contributed by atoms with Crippen molar-refractivity contribution in [3.05, 3.63) is 30.1 Å². The second kappa shape index (κ2) is 7.04. The molecule has 3 aliphatic rings. The van der Waals surface area contributed by atoms with Crippen LogP contribution in [0.3, 0.4) is 0 Å². The number of likely N-dealkylation sites (tertiary alicyclic amines) is 1. The maximum atomic E-state index is 12.6. The number of carbonyl (C=O) groups is 1. The second-order valence-electron chi connectivity index (χ2n) is 8.20. The van der Waals surface area contributed by atoms with Gasteiger partial charge in [0.1, 0.15) is 0 Å². The van der Waals surface area contributed by atoms with Gasteiger partial charge in [0.2, 0.25) is 5.91 Å². The Morgan fingerprint density at radius 1 is 1.32 bits per heavy atom. The Morgan fingerprint density at radius 2 is 2.12 bits per heavy atom. The summed E-state index contributed by atoms with van der Waals surface area (Å²) in [6.07, 6.45) is 7.85. The number of nitrogens with zero attached hydrogens (tertiary/aromatic N) is 3. The Hall–Kier alpha value is -1.46. The largest absolute Gasteiger partial charge is 0.372 e. The zero-order chi connectivity index (χ0) is 17.3. The van der Waals surface area contributed by atoms with Crippen LogP contribution in [-0.2, 0) is 16.1 Å². The maximum absolute atomic E-state index is 12.6. The fourth-order valence-corrected chi connectivity index (χ4v) is 4.61. The zero-order valence-electron chi connectivity index (χ0n) is 15.2. The first-order chi connectivity index (χ1) is 12.1. The van der Waals surface area contributed by atoms with E-state index in [0.29, 0.717) is 11.8 Å². The Labute approximate surface area is 150 Å². The van der Waals surface area contributed by atoms with Crippen molar-refractivity contribution in [2.75, 3.05) is 32.8 Å². The fourth-order valence-electron chi connectivity index (χ4n) is 4.61. The van der Waals surface area contributed by atoms with E-state index in [9.17, 15) is 4.79 Å². The first-order valence-corrected chi connectivity index (χ1v) is 9.68. The summed E-state index contributed by atoms with van der Waals surface area (Å²) in [5, 5.41) is 0. The molecule has 25 heavy (non-hydrogen) atoms. The van der Waals surface area contributed by atoms with E-state index < -0.39 is 0 Å². The predicted octanol–water partition coefficient (Wildman–Crippen LogP) is 2.32. The number of hydrogen-bond donors (Lipinski definition) is 0. The van der Waals surface area contributed by atoms with Gasteiger partial charge in [-0.05, 0) is 43.2 Å². The van der Waals surface area contributed by atoms with Crippen LogP contribution in [0.4, 0.5) is 0 Å². The lowest BCUT2D eigenvalue weighted by Crippen LogP contribution is -2.58. The summed E-state index contributed by atoms with van der Waals surface area (Å²) in [5.41, 5.74) is 1.19. The van der Waals surface area contributed by atoms with Gasteiger partial charge in [-0.25, -0.2) is 0 Å². The minimum atomic E-state index is -0.0653. The van der Waals surface area contributed by atoms with Crippen LogP contribution in [0.1, 0.15) is 38.2 Å². The molecular weight excluding hydrogens is 314 g/mol. The molecule has 0 N–H and O–H groups in total. The van der Waals surface area contributed by atoms with E-state index >= 15 is 0 Å². The lowest BCUT2D eigenvalue weighted by molar-refractivity contribution is -0.156. The molecule has 5 heteroatoms. The molecule has 0 radical (unpaired) electrons. The number of carbonyl (C=O) groups excluding carboxylic acids is 1. The highest BCUT2D eigenvalue weighted by molar-refractivity contribution is 5.79. The summed E-state index contributed by atoms with van der Waals surface area (Å²) in [6.45, 7) is 7.59. The van der Waals surface area contributed by atoms with E-state index in [-0.39, 0.29) is 5.60 Å². The molecule has 1 spiro atoms. The molecule has 2 saturated heterocycles. The standard InChI is InChI=1S/C20H29N3O2/c1-16-11-18(12-16)19(24)23-7-4-20(5-8-23)15-22(9-10-25-20)14-17-3-2-6-21-13-17/h2-3,6,13,16,18H,4-5,7-12,14-15H2,1H3. The second-order valence-corrected chi connectivity index (χ2v) is 8.20. The zero-order valence-corrected chi connectivity index (χ0v) is 15.2. The normalized spacial score (nSPS) is 29.4. The van der Waals surface area contributed by atoms with Crippen LogP contribution in [0.15, 0.2) is 24.5 Å². The topological polar surface area (TPSA) is 45.7 Å². The van der Waals surface area contributed by atoms with E-state index in [0.717, 1.165) is 70.9 Å². The van der Waals surface area contributed by atoms with Crippen LogP contribution >= 0.6 is 0 Å². The number of pyridine rings is 1. The van der Waals surface area contributed by atoms with Gasteiger partial charge in [-0.1, -0.05) is 13.0 Å². The summed E-state index contributed by atoms with van der Waals surface area (Å²) in [4.78, 5) is 21.4. The van der Waals surface area contributed by atoms with Gasteiger partial charge in [0.25, 0.3) is 0 Å². The predicted molar refractivity (Wildman–Crippen MR) is 95.9 cm³/mol. The van der Waals surface area contributed by atoms with Crippen LogP contribution in [0.25, 0.3) is 0 Å². The highest BCUT2D eigenvalue weighted by Gasteiger charge is 2.42. The Morgan fingerprint density at radius 3 is 2.80 bits per heavy atom. The van der Waals surface area contributed by atoms with Gasteiger partial charge in [0, 0.05) is 51.0 Å². The lowest BCUT2D eigenvalue weighted by Gasteiger charge is -2.48. The molecule has 1 aliphatic carbocycles. The van der Waals surface area contributed by atoms with Gasteiger partial charge < -0.3 is 9.64 Å². The molecule has 0 bridgehead atoms. The van der Waals surface area contributed by atoms with Gasteiger partial charge in [0.05, 0.1) is 12.2 Å². The van der Waals surface area contributed by atoms with Gasteiger partial charge in [0.15, 0.2) is 0 Å². The number of amides is 1. The highest BCUT2D eigenvalue weighted by Crippen LogP contribution is 2.37. The summed E-state index contributed by atoms with van der Waals surface area (Å²) < 4.78 is 6.23. The van der Waals surface area contributed by atoms with Gasteiger partial charge >= 0.3 is 0 Å². The quantitative estimate of drug-likeness (QED) is 0.845. The number of ether oxygens (including phenoxy) is 1. The molecule has 1 aromatic heterocycles. The fraction of sp³-hybridized carbons (Fsp3) is 0.700. The number of piperidine rings is 1. The number of morpholine rings is 1. The van der Waals surface area contributed by atoms with Crippen LogP contribution in [0.2, 0.25) is 0 Å². The molecule has 3 heterocycles. The summed E-state index contributed by atoms with van der Waals surface area (Å²) in [6, 6.07) is 4.13. The lowest BCUT2D eigenvalue weighted by atomic mass is 9.75. The third-order valence-corrected chi connectivity index (χ3v) is 6.17. The molecule has 1 aromatic rings. The van der Waals surface area contributed by atoms with Crippen molar-refractivity contribution in [2.45, 2.75) is 44.8 Å². The number of hydrogen-bond acceptors (Lipinski definition) is 4. The Bertz CT molecular complexity index is 592. The molecule has 136 valence electrons. The van der Waals surface area contributed by atoms with Crippen molar-refractivity contribution in [3.63, 3.8) is 0 Å². The molecule has 5 nitrogen and oxygen atoms in total. The van der Waals surface area contributed by atoms with Gasteiger partial charge in [-0.15, -0.1) is 0 Å². The van der Waals surface area contributed by atoms with E-state index in [2.05, 4.69) is 27.8 Å². The molecular formula is C20H29N3O2. The summed E-state index contributed by atoms with van der Waals surface area (Å²) in [7, 11) is 0. The van der Waals surface area contributed by atoms with Crippen molar-refractivity contribution < 1.29 is 9.53 Å². The van der Waals surface area contributed by atoms with E-state index in [1.807, 2.05) is 18.5 Å². The van der Waals surface area contributed by atoms with Gasteiger partial charge in [-0.3, -0.25) is 14.7 Å². The van der Waals surface area contributed by atoms with Crippen LogP contribution in [-0.4, -0.2) is 59.1 Å². The third-order valence-electron chi connectivity index (χ3n) is 6.17. The van der Waals surface area contributed by atoms with Crippen molar-refractivity contribution in [1.29, 1.82) is 0 Å². The van der Waals surface area contributed by atoms with Crippen molar-refractivity contribution in [2.24, 2.45) is 11.8 Å². The third kappa shape index (κ3) is 3.72. The van der Waals surface area contributed by atoms with Crippen LogP contribution in [0.5, 0.6) is 0 Å². The average Bonchev–Trinajstić information content (AvgIpc) is 2.60. The summed E-state index contributed by atoms with van der Waals surface area (Å²) in [5.74, 6) is 1.40. The molecule has 0 atom stereocenters. The van der Waals surface area contributed by atoms with Gasteiger partial charge in [-0.2, -0.15) is 0 Å². The summed E-state index contributed by atoms with van der Waals surface area (Å²) >= 11 is 0. The van der Waals surface area contributed by atoms with E-state index in [1.54, 1.807) is 0 Å². The van der Waals surface area contributed by atoms with E-state index in [4.69, 9.17) is 4.74 Å². The Kier molecular flexibility index (Phi) is 4.78. The van der Waals surface area contributed by atoms with Crippen molar-refractivity contribution in [3.8, 4) is 0 Å². The molecule has 2 aliphatic heterocycles. The van der Waals surface area contributed by atoms with Crippen molar-refractivity contribution in [1.82, 2.24) is 14.8 Å². The van der Waals surface area contributed by atoms with Crippen LogP contribution < -0.4 is 0 Å². The molecule has 0 aromatic carbocycles. The number of aromatic nitrogens is 1. The first-order valence-electron chi connectivity index (χ1n) is 9.68. The molecule has 0 unspecified atom stereocenters. The number of rotatable bonds is 3. The average molecular weight is 343 g/mol. The SMILES string of the molecule is CC1CC(C(=O)N2CCC3(CC2)CN(Cc2cccnc2)CCO3)C1. The minimum Gasteiger partial charge on any atom is -0.372 e. The Balaban J connectivity index is 1.31. The monoisotopic (exact) mass is 343 g/mol. The molecule has 4 rings (SSSR count). The molecule has 1 saturated carbocycles. The maximum Gasteiger partial charge on any atom is 0.225 e. The van der Waals surface area contributed by atoms with E-state index in [1.165, 1.54) is 5.56 Å². The minimum absolute atomic E-state index is 0.0653. The molecule has 3 fully saturated rings. The van der Waals surface area contributed by atoms with Crippen LogP contribution in [0, 0.1) is 11.8 Å².